The quantitative estimate of drug-likeness (QED) is 0.397. The number of nitrogens with zero attached hydrogens (tertiary/aromatic N) is 5. The van der Waals surface area contributed by atoms with Crippen molar-refractivity contribution in [3.8, 4) is 10.6 Å². The van der Waals surface area contributed by atoms with E-state index in [1.54, 1.807) is 12.1 Å². The van der Waals surface area contributed by atoms with Crippen molar-refractivity contribution in [2.24, 2.45) is 0 Å². The Kier molecular flexibility index (Phi) is 6.53. The first-order chi connectivity index (χ1) is 16.6. The third kappa shape index (κ3) is 4.94. The van der Waals surface area contributed by atoms with Crippen molar-refractivity contribution in [3.05, 3.63) is 93.4 Å². The maximum absolute atomic E-state index is 12.7. The zero-order chi connectivity index (χ0) is 23.5. The van der Waals surface area contributed by atoms with Gasteiger partial charge >= 0.3 is 0 Å². The Morgan fingerprint density at radius 2 is 1.76 bits per heavy atom. The first-order valence-electron chi connectivity index (χ1n) is 11.0. The molecule has 0 N–H and O–H groups in total. The van der Waals surface area contributed by atoms with E-state index in [1.165, 1.54) is 21.9 Å². The van der Waals surface area contributed by atoms with Crippen molar-refractivity contribution < 1.29 is 4.79 Å². The fourth-order valence-electron chi connectivity index (χ4n) is 3.87. The van der Waals surface area contributed by atoms with Gasteiger partial charge in [-0.1, -0.05) is 71.5 Å². The summed E-state index contributed by atoms with van der Waals surface area (Å²) >= 11 is 7.63. The Morgan fingerprint density at radius 1 is 1.03 bits per heavy atom. The van der Waals surface area contributed by atoms with Crippen LogP contribution in [0, 0.1) is 0 Å². The van der Waals surface area contributed by atoms with E-state index in [0.29, 0.717) is 40.3 Å². The number of halogens is 1. The zero-order valence-corrected chi connectivity index (χ0v) is 19.9. The van der Waals surface area contributed by atoms with Crippen molar-refractivity contribution >= 4 is 39.9 Å². The zero-order valence-electron chi connectivity index (χ0n) is 18.3. The smallest absolute Gasteiger partial charge is 0.275 e. The van der Waals surface area contributed by atoms with Crippen LogP contribution in [0.5, 0.6) is 0 Å². The van der Waals surface area contributed by atoms with E-state index in [9.17, 15) is 9.59 Å². The molecule has 4 aromatic rings. The van der Waals surface area contributed by atoms with Gasteiger partial charge in [-0.2, -0.15) is 9.61 Å². The van der Waals surface area contributed by atoms with Crippen LogP contribution in [-0.4, -0.2) is 56.5 Å². The van der Waals surface area contributed by atoms with Gasteiger partial charge in [-0.15, -0.1) is 0 Å². The van der Waals surface area contributed by atoms with Crippen LogP contribution in [0.15, 0.2) is 71.5 Å². The fraction of sp³-hybridized carbons (Fsp3) is 0.200. The van der Waals surface area contributed by atoms with Gasteiger partial charge in [0.05, 0.1) is 10.7 Å². The molecule has 9 heteroatoms. The summed E-state index contributed by atoms with van der Waals surface area (Å²) in [6.07, 6.45) is 3.47. The van der Waals surface area contributed by atoms with E-state index < -0.39 is 0 Å². The van der Waals surface area contributed by atoms with Gasteiger partial charge in [-0.05, 0) is 17.7 Å². The number of hydrogen-bond acceptors (Lipinski definition) is 6. The van der Waals surface area contributed by atoms with E-state index in [0.717, 1.165) is 24.2 Å². The molecule has 7 nitrogen and oxygen atoms in total. The average Bonchev–Trinajstić information content (AvgIpc) is 3.28. The van der Waals surface area contributed by atoms with Gasteiger partial charge < -0.3 is 4.90 Å². The van der Waals surface area contributed by atoms with Crippen molar-refractivity contribution in [1.82, 2.24) is 24.4 Å². The predicted octanol–water partition coefficient (Wildman–Crippen LogP) is 3.83. The Bertz CT molecular complexity index is 1410. The minimum Gasteiger partial charge on any atom is -0.337 e. The highest BCUT2D eigenvalue weighted by Crippen LogP contribution is 2.30. The highest BCUT2D eigenvalue weighted by molar-refractivity contribution is 7.19. The second-order valence-electron chi connectivity index (χ2n) is 8.01. The normalized spacial score (nSPS) is 14.8. The second-order valence-corrected chi connectivity index (χ2v) is 9.38. The van der Waals surface area contributed by atoms with Gasteiger partial charge in [0.1, 0.15) is 5.01 Å². The topological polar surface area (TPSA) is 70.8 Å². The molecule has 0 unspecified atom stereocenters. The number of hydrogen-bond donors (Lipinski definition) is 0. The number of fused-ring (bicyclic) bond motifs is 1. The lowest BCUT2D eigenvalue weighted by atomic mass is 10.2. The highest BCUT2D eigenvalue weighted by Gasteiger charge is 2.21. The summed E-state index contributed by atoms with van der Waals surface area (Å²) in [4.78, 5) is 34.4. The molecule has 0 radical (unpaired) electrons. The lowest BCUT2D eigenvalue weighted by Crippen LogP contribution is -2.48. The second kappa shape index (κ2) is 9.89. The van der Waals surface area contributed by atoms with Crippen molar-refractivity contribution in [2.45, 2.75) is 6.54 Å². The van der Waals surface area contributed by atoms with Crippen LogP contribution in [-0.2, 0) is 11.3 Å². The monoisotopic (exact) mass is 491 g/mol. The largest absolute Gasteiger partial charge is 0.337 e. The summed E-state index contributed by atoms with van der Waals surface area (Å²) in [5, 5.41) is 5.65. The van der Waals surface area contributed by atoms with Crippen LogP contribution in [0.3, 0.4) is 0 Å². The Balaban J connectivity index is 1.24. The van der Waals surface area contributed by atoms with Crippen molar-refractivity contribution in [3.63, 3.8) is 0 Å². The molecular formula is C25H22ClN5O2S. The fourth-order valence-corrected chi connectivity index (χ4v) is 5.12. The number of rotatable bonds is 5. The molecule has 2 aromatic heterocycles. The number of benzene rings is 2. The molecule has 2 aromatic carbocycles. The minimum absolute atomic E-state index is 0.0121. The van der Waals surface area contributed by atoms with E-state index in [2.05, 4.69) is 15.0 Å². The molecule has 0 atom stereocenters. The molecular weight excluding hydrogens is 470 g/mol. The molecule has 5 rings (SSSR count). The molecule has 1 aliphatic heterocycles. The first kappa shape index (κ1) is 22.5. The average molecular weight is 492 g/mol. The highest BCUT2D eigenvalue weighted by atomic mass is 35.5. The number of aromatic nitrogens is 3. The summed E-state index contributed by atoms with van der Waals surface area (Å²) < 4.78 is 1.32. The summed E-state index contributed by atoms with van der Waals surface area (Å²) in [5.74, 6) is 0.0121. The van der Waals surface area contributed by atoms with Gasteiger partial charge in [-0.25, -0.2) is 4.98 Å². The molecule has 3 heterocycles. The maximum Gasteiger partial charge on any atom is 0.275 e. The standard InChI is InChI=1S/C25H22ClN5O2S/c26-21-9-5-4-8-20(21)24-28-31-23(33)16-19(27-25(31)34-24)17-29-12-14-30(15-13-29)22(32)11-10-18-6-2-1-3-7-18/h1-11,16H,12-15,17H2/b11-10+. The van der Waals surface area contributed by atoms with Gasteiger partial charge in [0.2, 0.25) is 10.9 Å². The molecule has 34 heavy (non-hydrogen) atoms. The summed E-state index contributed by atoms with van der Waals surface area (Å²) in [6.45, 7) is 3.26. The van der Waals surface area contributed by atoms with Gasteiger partial charge in [-0.3, -0.25) is 14.5 Å². The molecule has 0 saturated carbocycles. The van der Waals surface area contributed by atoms with Crippen LogP contribution in [0.1, 0.15) is 11.3 Å². The van der Waals surface area contributed by atoms with E-state index >= 15 is 0 Å². The van der Waals surface area contributed by atoms with Crippen molar-refractivity contribution in [1.29, 1.82) is 0 Å². The lowest BCUT2D eigenvalue weighted by molar-refractivity contribution is -0.127. The van der Waals surface area contributed by atoms with E-state index in [4.69, 9.17) is 11.6 Å². The molecule has 1 aliphatic rings. The number of carbonyl (C=O) groups excluding carboxylic acids is 1. The summed E-state index contributed by atoms with van der Waals surface area (Å²) in [5.41, 5.74) is 2.27. The van der Waals surface area contributed by atoms with Gasteiger partial charge in [0, 0.05) is 50.4 Å². The summed E-state index contributed by atoms with van der Waals surface area (Å²) in [6, 6.07) is 18.7. The predicted molar refractivity (Wildman–Crippen MR) is 135 cm³/mol. The molecule has 0 bridgehead atoms. The van der Waals surface area contributed by atoms with Crippen molar-refractivity contribution in [2.75, 3.05) is 26.2 Å². The number of amides is 1. The van der Waals surface area contributed by atoms with E-state index in [-0.39, 0.29) is 11.5 Å². The Morgan fingerprint density at radius 3 is 2.53 bits per heavy atom. The molecule has 172 valence electrons. The van der Waals surface area contributed by atoms with E-state index in [1.807, 2.05) is 59.5 Å². The third-order valence-corrected chi connectivity index (χ3v) is 6.96. The third-order valence-electron chi connectivity index (χ3n) is 5.69. The summed E-state index contributed by atoms with van der Waals surface area (Å²) in [7, 11) is 0. The SMILES string of the molecule is O=C(/C=C/c1ccccc1)N1CCN(Cc2cc(=O)n3nc(-c4ccccc4Cl)sc3n2)CC1. The molecule has 1 fully saturated rings. The molecule has 1 amide bonds. The van der Waals surface area contributed by atoms with Crippen LogP contribution in [0.25, 0.3) is 21.6 Å². The lowest BCUT2D eigenvalue weighted by Gasteiger charge is -2.34. The van der Waals surface area contributed by atoms with Crippen LogP contribution < -0.4 is 5.56 Å². The minimum atomic E-state index is -0.214. The van der Waals surface area contributed by atoms with Gasteiger partial charge in [0.25, 0.3) is 5.56 Å². The maximum atomic E-state index is 12.7. The Hall–Kier alpha value is -3.33. The first-order valence-corrected chi connectivity index (χ1v) is 12.2. The van der Waals surface area contributed by atoms with Gasteiger partial charge in [0.15, 0.2) is 0 Å². The van der Waals surface area contributed by atoms with Crippen LogP contribution in [0.4, 0.5) is 0 Å². The Labute approximate surface area is 205 Å². The number of carbonyl (C=O) groups is 1. The van der Waals surface area contributed by atoms with Crippen LogP contribution >= 0.6 is 22.9 Å². The molecule has 1 saturated heterocycles. The molecule has 0 aliphatic carbocycles. The number of piperazine rings is 1. The van der Waals surface area contributed by atoms with Crippen LogP contribution in [0.2, 0.25) is 5.02 Å². The molecule has 0 spiro atoms.